The van der Waals surface area contributed by atoms with Gasteiger partial charge in [0.25, 0.3) is 0 Å². The van der Waals surface area contributed by atoms with Crippen molar-refractivity contribution in [3.63, 3.8) is 0 Å². The number of Topliss-reactive ketones (excluding diaryl/α,β-unsaturated/α-hetero) is 1. The molecule has 25 heavy (non-hydrogen) atoms. The van der Waals surface area contributed by atoms with Gasteiger partial charge in [-0.1, -0.05) is 23.9 Å². The van der Waals surface area contributed by atoms with Crippen molar-refractivity contribution in [3.05, 3.63) is 59.2 Å². The maximum atomic E-state index is 11.6. The van der Waals surface area contributed by atoms with E-state index in [0.717, 1.165) is 22.6 Å². The van der Waals surface area contributed by atoms with E-state index in [-0.39, 0.29) is 5.78 Å². The third-order valence-electron chi connectivity index (χ3n) is 3.73. The van der Waals surface area contributed by atoms with E-state index in [1.54, 1.807) is 24.8 Å². The summed E-state index contributed by atoms with van der Waals surface area (Å²) in [5.41, 5.74) is 3.64. The summed E-state index contributed by atoms with van der Waals surface area (Å²) >= 11 is 1.49. The summed E-state index contributed by atoms with van der Waals surface area (Å²) in [5, 5.41) is 12.7. The molecule has 0 aliphatic rings. The van der Waals surface area contributed by atoms with Gasteiger partial charge in [-0.3, -0.25) is 4.79 Å². The molecule has 128 valence electrons. The molecule has 0 fully saturated rings. The number of aryl methyl sites for hydroxylation is 1. The molecule has 6 nitrogen and oxygen atoms in total. The van der Waals surface area contributed by atoms with Gasteiger partial charge in [0.05, 0.1) is 12.8 Å². The van der Waals surface area contributed by atoms with Gasteiger partial charge >= 0.3 is 0 Å². The highest BCUT2D eigenvalue weighted by Gasteiger charge is 2.12. The largest absolute Gasteiger partial charge is 0.496 e. The van der Waals surface area contributed by atoms with E-state index in [9.17, 15) is 4.79 Å². The molecule has 0 aliphatic carbocycles. The van der Waals surface area contributed by atoms with Gasteiger partial charge in [-0.05, 0) is 60.2 Å². The number of tetrazole rings is 1. The highest BCUT2D eigenvalue weighted by molar-refractivity contribution is 7.98. The first kappa shape index (κ1) is 17.2. The first-order chi connectivity index (χ1) is 12.1. The molecule has 0 bridgehead atoms. The molecule has 0 amide bonds. The van der Waals surface area contributed by atoms with Crippen molar-refractivity contribution in [1.82, 2.24) is 20.2 Å². The van der Waals surface area contributed by atoms with Gasteiger partial charge in [-0.2, -0.15) is 4.68 Å². The number of hydrogen-bond acceptors (Lipinski definition) is 6. The Kier molecular flexibility index (Phi) is 5.14. The lowest BCUT2D eigenvalue weighted by molar-refractivity contribution is 0.101. The number of nitrogens with zero attached hydrogens (tertiary/aromatic N) is 4. The molecule has 1 aromatic heterocycles. The fourth-order valence-corrected chi connectivity index (χ4v) is 3.31. The number of methoxy groups -OCH3 is 1. The SMILES string of the molecule is COc1ccc(C(C)=O)cc1CSc1nnnn1-c1cccc(C)c1. The van der Waals surface area contributed by atoms with Crippen molar-refractivity contribution in [3.8, 4) is 11.4 Å². The third-order valence-corrected chi connectivity index (χ3v) is 4.70. The van der Waals surface area contributed by atoms with Crippen LogP contribution in [0.25, 0.3) is 5.69 Å². The predicted octanol–water partition coefficient (Wildman–Crippen LogP) is 3.47. The molecule has 0 spiro atoms. The molecule has 2 aromatic carbocycles. The minimum Gasteiger partial charge on any atom is -0.496 e. The Labute approximate surface area is 150 Å². The van der Waals surface area contributed by atoms with E-state index in [4.69, 9.17) is 4.74 Å². The number of hydrogen-bond donors (Lipinski definition) is 0. The molecule has 0 saturated heterocycles. The quantitative estimate of drug-likeness (QED) is 0.499. The van der Waals surface area contributed by atoms with Crippen molar-refractivity contribution in [1.29, 1.82) is 0 Å². The predicted molar refractivity (Wildman–Crippen MR) is 96.5 cm³/mol. The Morgan fingerprint density at radius 3 is 2.80 bits per heavy atom. The van der Waals surface area contributed by atoms with E-state index in [2.05, 4.69) is 15.5 Å². The van der Waals surface area contributed by atoms with Gasteiger partial charge in [-0.25, -0.2) is 0 Å². The fraction of sp³-hybridized carbons (Fsp3) is 0.222. The van der Waals surface area contributed by atoms with Crippen LogP contribution in [0.2, 0.25) is 0 Å². The van der Waals surface area contributed by atoms with Crippen molar-refractivity contribution < 1.29 is 9.53 Å². The normalized spacial score (nSPS) is 10.7. The van der Waals surface area contributed by atoms with Crippen LogP contribution >= 0.6 is 11.8 Å². The monoisotopic (exact) mass is 354 g/mol. The number of carbonyl (C=O) groups is 1. The summed E-state index contributed by atoms with van der Waals surface area (Å²) in [4.78, 5) is 11.6. The lowest BCUT2D eigenvalue weighted by Gasteiger charge is -2.10. The van der Waals surface area contributed by atoms with E-state index in [0.29, 0.717) is 16.5 Å². The number of ether oxygens (including phenoxy) is 1. The highest BCUT2D eigenvalue weighted by Crippen LogP contribution is 2.28. The van der Waals surface area contributed by atoms with Crippen molar-refractivity contribution in [2.75, 3.05) is 7.11 Å². The summed E-state index contributed by atoms with van der Waals surface area (Å²) in [5.74, 6) is 1.36. The molecular weight excluding hydrogens is 336 g/mol. The topological polar surface area (TPSA) is 69.9 Å². The number of carbonyl (C=O) groups excluding carboxylic acids is 1. The van der Waals surface area contributed by atoms with Gasteiger partial charge in [0.1, 0.15) is 5.75 Å². The van der Waals surface area contributed by atoms with Crippen LogP contribution in [0.3, 0.4) is 0 Å². The lowest BCUT2D eigenvalue weighted by atomic mass is 10.1. The maximum Gasteiger partial charge on any atom is 0.214 e. The Hall–Kier alpha value is -2.67. The molecule has 0 saturated carbocycles. The molecule has 1 heterocycles. The van der Waals surface area contributed by atoms with Crippen molar-refractivity contribution >= 4 is 17.5 Å². The molecule has 3 rings (SSSR count). The van der Waals surface area contributed by atoms with E-state index in [1.807, 2.05) is 43.3 Å². The summed E-state index contributed by atoms with van der Waals surface area (Å²) in [7, 11) is 1.62. The number of ketones is 1. The number of benzene rings is 2. The van der Waals surface area contributed by atoms with Gasteiger partial charge in [0.15, 0.2) is 5.78 Å². The molecule has 7 heteroatoms. The minimum absolute atomic E-state index is 0.0264. The molecule has 0 radical (unpaired) electrons. The number of thioether (sulfide) groups is 1. The average Bonchev–Trinajstić information content (AvgIpc) is 3.08. The second-order valence-corrected chi connectivity index (χ2v) is 6.53. The van der Waals surface area contributed by atoms with Crippen molar-refractivity contribution in [2.24, 2.45) is 0 Å². The molecule has 3 aromatic rings. The maximum absolute atomic E-state index is 11.6. The van der Waals surface area contributed by atoms with Gasteiger partial charge < -0.3 is 4.74 Å². The molecule has 0 atom stereocenters. The van der Waals surface area contributed by atoms with E-state index >= 15 is 0 Å². The third kappa shape index (κ3) is 3.88. The smallest absolute Gasteiger partial charge is 0.214 e. The van der Waals surface area contributed by atoms with Crippen LogP contribution in [0, 0.1) is 6.92 Å². The van der Waals surface area contributed by atoms with Gasteiger partial charge in [0, 0.05) is 16.9 Å². The van der Waals surface area contributed by atoms with Crippen LogP contribution in [0.4, 0.5) is 0 Å². The van der Waals surface area contributed by atoms with Crippen LogP contribution in [0.1, 0.15) is 28.4 Å². The van der Waals surface area contributed by atoms with Crippen LogP contribution < -0.4 is 4.74 Å². The Balaban J connectivity index is 1.85. The zero-order valence-electron chi connectivity index (χ0n) is 14.3. The summed E-state index contributed by atoms with van der Waals surface area (Å²) in [6.45, 7) is 3.58. The highest BCUT2D eigenvalue weighted by atomic mass is 32.2. The standard InChI is InChI=1S/C18H18N4O2S/c1-12-5-4-6-16(9-12)22-18(19-20-21-22)25-11-15-10-14(13(2)23)7-8-17(15)24-3/h4-10H,11H2,1-3H3. The molecule has 0 aliphatic heterocycles. The summed E-state index contributed by atoms with van der Waals surface area (Å²) in [6, 6.07) is 13.4. The van der Waals surface area contributed by atoms with Crippen molar-refractivity contribution in [2.45, 2.75) is 24.8 Å². The van der Waals surface area contributed by atoms with Crippen LogP contribution in [0.5, 0.6) is 5.75 Å². The summed E-state index contributed by atoms with van der Waals surface area (Å²) in [6.07, 6.45) is 0. The minimum atomic E-state index is 0.0264. The summed E-state index contributed by atoms with van der Waals surface area (Å²) < 4.78 is 7.10. The number of aromatic nitrogens is 4. The Morgan fingerprint density at radius 1 is 1.24 bits per heavy atom. The second-order valence-electron chi connectivity index (χ2n) is 5.58. The molecule has 0 unspecified atom stereocenters. The zero-order chi connectivity index (χ0) is 17.8. The van der Waals surface area contributed by atoms with E-state index in [1.165, 1.54) is 11.8 Å². The second kappa shape index (κ2) is 7.48. The Morgan fingerprint density at radius 2 is 2.08 bits per heavy atom. The van der Waals surface area contributed by atoms with Crippen LogP contribution in [-0.2, 0) is 5.75 Å². The fourth-order valence-electron chi connectivity index (χ4n) is 2.44. The zero-order valence-corrected chi connectivity index (χ0v) is 15.1. The van der Waals surface area contributed by atoms with Gasteiger partial charge in [0.2, 0.25) is 5.16 Å². The van der Waals surface area contributed by atoms with Crippen LogP contribution in [0.15, 0.2) is 47.6 Å². The Bertz CT molecular complexity index is 908. The lowest BCUT2D eigenvalue weighted by Crippen LogP contribution is -2.00. The molecule has 0 N–H and O–H groups in total. The average molecular weight is 354 g/mol. The van der Waals surface area contributed by atoms with Gasteiger partial charge in [-0.15, -0.1) is 5.10 Å². The molecular formula is C18H18N4O2S. The van der Waals surface area contributed by atoms with E-state index < -0.39 is 0 Å². The first-order valence-electron chi connectivity index (χ1n) is 7.74. The van der Waals surface area contributed by atoms with Crippen LogP contribution in [-0.4, -0.2) is 33.1 Å². The first-order valence-corrected chi connectivity index (χ1v) is 8.73. The number of rotatable bonds is 6.